The number of nitrogens with zero attached hydrogens (tertiary/aromatic N) is 5. The second kappa shape index (κ2) is 5.53. The molecule has 0 amide bonds. The molecule has 0 aromatic carbocycles. The number of morpholine rings is 1. The van der Waals surface area contributed by atoms with Gasteiger partial charge in [0.15, 0.2) is 5.69 Å². The Morgan fingerprint density at radius 1 is 1.45 bits per heavy atom. The number of anilines is 1. The zero-order chi connectivity index (χ0) is 13.9. The average Bonchev–Trinajstić information content (AvgIpc) is 2.94. The van der Waals surface area contributed by atoms with Gasteiger partial charge in [-0.2, -0.15) is 5.26 Å². The van der Waals surface area contributed by atoms with Crippen molar-refractivity contribution in [2.75, 3.05) is 24.7 Å². The predicted molar refractivity (Wildman–Crippen MR) is 74.5 cm³/mol. The van der Waals surface area contributed by atoms with Crippen LogP contribution in [0.25, 0.3) is 0 Å². The summed E-state index contributed by atoms with van der Waals surface area (Å²) in [6, 6.07) is 2.04. The molecule has 7 heteroatoms. The number of ether oxygens (including phenoxy) is 1. The van der Waals surface area contributed by atoms with E-state index < -0.39 is 0 Å². The van der Waals surface area contributed by atoms with Gasteiger partial charge in [-0.05, 0) is 6.92 Å². The number of hydrogen-bond acceptors (Lipinski definition) is 7. The lowest BCUT2D eigenvalue weighted by Gasteiger charge is -2.35. The van der Waals surface area contributed by atoms with Crippen molar-refractivity contribution in [2.45, 2.75) is 13.0 Å². The van der Waals surface area contributed by atoms with Crippen LogP contribution in [0.5, 0.6) is 0 Å². The molecule has 0 unspecified atom stereocenters. The third-order valence-electron chi connectivity index (χ3n) is 3.10. The van der Waals surface area contributed by atoms with Crippen LogP contribution in [0, 0.1) is 18.3 Å². The Morgan fingerprint density at radius 2 is 2.35 bits per heavy atom. The van der Waals surface area contributed by atoms with Crippen LogP contribution in [-0.2, 0) is 4.74 Å². The Labute approximate surface area is 120 Å². The van der Waals surface area contributed by atoms with E-state index in [1.165, 1.54) is 6.20 Å². The molecule has 0 saturated carbocycles. The Kier molecular flexibility index (Phi) is 3.58. The van der Waals surface area contributed by atoms with E-state index >= 15 is 0 Å². The van der Waals surface area contributed by atoms with Gasteiger partial charge in [0.25, 0.3) is 0 Å². The quantitative estimate of drug-likeness (QED) is 0.836. The van der Waals surface area contributed by atoms with Crippen molar-refractivity contribution in [3.63, 3.8) is 0 Å². The van der Waals surface area contributed by atoms with E-state index in [0.717, 1.165) is 23.1 Å². The Bertz CT molecular complexity index is 633. The zero-order valence-electron chi connectivity index (χ0n) is 11.0. The minimum absolute atomic E-state index is 0.0599. The average molecular weight is 287 g/mol. The van der Waals surface area contributed by atoms with Crippen molar-refractivity contribution in [1.82, 2.24) is 15.0 Å². The number of aryl methyl sites for hydroxylation is 1. The highest BCUT2D eigenvalue weighted by atomic mass is 32.1. The topological polar surface area (TPSA) is 74.9 Å². The first-order valence-corrected chi connectivity index (χ1v) is 7.14. The first-order chi connectivity index (χ1) is 9.78. The molecule has 20 heavy (non-hydrogen) atoms. The summed E-state index contributed by atoms with van der Waals surface area (Å²) in [5.41, 5.74) is 1.34. The normalized spacial score (nSPS) is 18.8. The molecule has 1 atom stereocenters. The Balaban J connectivity index is 1.90. The lowest BCUT2D eigenvalue weighted by Crippen LogP contribution is -2.40. The fourth-order valence-corrected chi connectivity index (χ4v) is 3.03. The summed E-state index contributed by atoms with van der Waals surface area (Å²) >= 11 is 1.63. The van der Waals surface area contributed by atoms with Crippen molar-refractivity contribution >= 4 is 17.2 Å². The summed E-state index contributed by atoms with van der Waals surface area (Å²) in [4.78, 5) is 15.1. The fourth-order valence-electron chi connectivity index (χ4n) is 2.13. The van der Waals surface area contributed by atoms with Crippen LogP contribution < -0.4 is 4.90 Å². The molecule has 3 heterocycles. The molecular formula is C13H13N5OS. The van der Waals surface area contributed by atoms with Gasteiger partial charge in [-0.1, -0.05) is 0 Å². The van der Waals surface area contributed by atoms with Gasteiger partial charge in [-0.3, -0.25) is 0 Å². The maximum absolute atomic E-state index is 8.78. The van der Waals surface area contributed by atoms with E-state index in [4.69, 9.17) is 10.00 Å². The monoisotopic (exact) mass is 287 g/mol. The van der Waals surface area contributed by atoms with E-state index in [2.05, 4.69) is 19.9 Å². The number of hydrogen-bond donors (Lipinski definition) is 0. The zero-order valence-corrected chi connectivity index (χ0v) is 11.8. The Morgan fingerprint density at radius 3 is 3.00 bits per heavy atom. The molecule has 1 saturated heterocycles. The van der Waals surface area contributed by atoms with E-state index in [-0.39, 0.29) is 6.04 Å². The van der Waals surface area contributed by atoms with Crippen molar-refractivity contribution in [2.24, 2.45) is 0 Å². The molecule has 1 aliphatic heterocycles. The molecule has 1 fully saturated rings. The van der Waals surface area contributed by atoms with Crippen LogP contribution >= 0.6 is 11.3 Å². The number of thiazole rings is 1. The summed E-state index contributed by atoms with van der Waals surface area (Å²) in [6.45, 7) is 3.97. The van der Waals surface area contributed by atoms with Gasteiger partial charge in [-0.25, -0.2) is 15.0 Å². The highest BCUT2D eigenvalue weighted by Gasteiger charge is 2.28. The first kappa shape index (κ1) is 13.0. The molecule has 0 N–H and O–H groups in total. The van der Waals surface area contributed by atoms with E-state index in [1.54, 1.807) is 17.5 Å². The first-order valence-electron chi connectivity index (χ1n) is 6.26. The van der Waals surface area contributed by atoms with Crippen LogP contribution in [0.2, 0.25) is 0 Å². The molecule has 2 aromatic heterocycles. The maximum atomic E-state index is 8.78. The third kappa shape index (κ3) is 2.48. The standard InChI is InChI=1S/C13H13N5OS/c1-9-8-20-13(17-9)11-7-19-3-2-18(11)12-6-15-10(4-14)5-16-12/h5-6,8,11H,2-3,7H2,1H3/t11-/m1/s1. The predicted octanol–water partition coefficient (Wildman–Crippen LogP) is 1.69. The van der Waals surface area contributed by atoms with Crippen molar-refractivity contribution in [3.8, 4) is 6.07 Å². The minimum Gasteiger partial charge on any atom is -0.377 e. The largest absolute Gasteiger partial charge is 0.377 e. The van der Waals surface area contributed by atoms with E-state index in [0.29, 0.717) is 18.9 Å². The minimum atomic E-state index is 0.0599. The van der Waals surface area contributed by atoms with Crippen LogP contribution in [0.15, 0.2) is 17.8 Å². The SMILES string of the molecule is Cc1csc([C@H]2COCCN2c2cnc(C#N)cn2)n1. The van der Waals surface area contributed by atoms with Crippen molar-refractivity contribution in [3.05, 3.63) is 34.2 Å². The molecular weight excluding hydrogens is 274 g/mol. The molecule has 0 radical (unpaired) electrons. The molecule has 0 bridgehead atoms. The smallest absolute Gasteiger partial charge is 0.158 e. The van der Waals surface area contributed by atoms with Gasteiger partial charge < -0.3 is 9.64 Å². The van der Waals surface area contributed by atoms with Crippen molar-refractivity contribution in [1.29, 1.82) is 5.26 Å². The summed E-state index contributed by atoms with van der Waals surface area (Å²) in [5.74, 6) is 0.755. The summed E-state index contributed by atoms with van der Waals surface area (Å²) < 4.78 is 5.57. The molecule has 0 spiro atoms. The molecule has 6 nitrogen and oxygen atoms in total. The van der Waals surface area contributed by atoms with Crippen molar-refractivity contribution < 1.29 is 4.74 Å². The maximum Gasteiger partial charge on any atom is 0.158 e. The molecule has 1 aliphatic rings. The van der Waals surface area contributed by atoms with Gasteiger partial charge in [0.2, 0.25) is 0 Å². The third-order valence-corrected chi connectivity index (χ3v) is 4.16. The van der Waals surface area contributed by atoms with Crippen LogP contribution in [0.4, 0.5) is 5.82 Å². The van der Waals surface area contributed by atoms with Gasteiger partial charge in [0, 0.05) is 17.6 Å². The lowest BCUT2D eigenvalue weighted by molar-refractivity contribution is 0.0936. The van der Waals surface area contributed by atoms with E-state index in [1.807, 2.05) is 18.4 Å². The summed E-state index contributed by atoms with van der Waals surface area (Å²) in [5, 5.41) is 11.8. The second-order valence-electron chi connectivity index (χ2n) is 4.48. The summed E-state index contributed by atoms with van der Waals surface area (Å²) in [6.07, 6.45) is 3.13. The van der Waals surface area contributed by atoms with Crippen LogP contribution in [0.3, 0.4) is 0 Å². The van der Waals surface area contributed by atoms with Gasteiger partial charge >= 0.3 is 0 Å². The van der Waals surface area contributed by atoms with Gasteiger partial charge in [-0.15, -0.1) is 11.3 Å². The molecule has 102 valence electrons. The van der Waals surface area contributed by atoms with Crippen LogP contribution in [-0.4, -0.2) is 34.7 Å². The number of rotatable bonds is 2. The highest BCUT2D eigenvalue weighted by molar-refractivity contribution is 7.09. The van der Waals surface area contributed by atoms with Crippen LogP contribution in [0.1, 0.15) is 22.4 Å². The Hall–Kier alpha value is -2.04. The second-order valence-corrected chi connectivity index (χ2v) is 5.37. The molecule has 3 rings (SSSR count). The van der Waals surface area contributed by atoms with Gasteiger partial charge in [0.1, 0.15) is 22.9 Å². The number of aromatic nitrogens is 3. The molecule has 0 aliphatic carbocycles. The number of nitriles is 1. The highest BCUT2D eigenvalue weighted by Crippen LogP contribution is 2.30. The van der Waals surface area contributed by atoms with Gasteiger partial charge in [0.05, 0.1) is 25.6 Å². The summed E-state index contributed by atoms with van der Waals surface area (Å²) in [7, 11) is 0. The molecule has 2 aromatic rings. The lowest BCUT2D eigenvalue weighted by atomic mass is 10.2. The fraction of sp³-hybridized carbons (Fsp3) is 0.385. The van der Waals surface area contributed by atoms with E-state index in [9.17, 15) is 0 Å².